The SMILES string of the molecule is CC1(c2cc(Cl)c(F)c(Cl)c2)CC(c2ccc3c(c2)COC32CNC2)=NO1. The standard InChI is InChI=1S/C20H17Cl2FN2O2/c1-19(13-5-15(21)18(23)16(22)6-13)7-17(25-27-19)11-2-3-14-12(4-11)8-26-20(14)9-24-10-20/h2-6,24H,7-10H2,1H3. The summed E-state index contributed by atoms with van der Waals surface area (Å²) in [5.41, 5.74) is 4.08. The molecule has 3 aliphatic rings. The summed E-state index contributed by atoms with van der Waals surface area (Å²) < 4.78 is 19.8. The third-order valence-electron chi connectivity index (χ3n) is 5.71. The van der Waals surface area contributed by atoms with Crippen LogP contribution in [-0.2, 0) is 27.4 Å². The van der Waals surface area contributed by atoms with Gasteiger partial charge in [0.15, 0.2) is 11.4 Å². The van der Waals surface area contributed by atoms with Crippen LogP contribution in [0.15, 0.2) is 35.5 Å². The van der Waals surface area contributed by atoms with Crippen molar-refractivity contribution in [2.24, 2.45) is 5.16 Å². The first-order chi connectivity index (χ1) is 12.9. The van der Waals surface area contributed by atoms with E-state index in [-0.39, 0.29) is 15.6 Å². The van der Waals surface area contributed by atoms with E-state index in [0.29, 0.717) is 18.6 Å². The van der Waals surface area contributed by atoms with Crippen molar-refractivity contribution in [1.82, 2.24) is 5.32 Å². The Morgan fingerprint density at radius 2 is 1.89 bits per heavy atom. The molecule has 3 aliphatic heterocycles. The number of hydrogen-bond acceptors (Lipinski definition) is 4. The molecule has 2 aromatic carbocycles. The van der Waals surface area contributed by atoms with E-state index >= 15 is 0 Å². The minimum atomic E-state index is -0.745. The fourth-order valence-electron chi connectivity index (χ4n) is 3.99. The maximum atomic E-state index is 13.7. The molecule has 1 fully saturated rings. The van der Waals surface area contributed by atoms with Gasteiger partial charge in [0.05, 0.1) is 22.4 Å². The number of nitrogens with one attached hydrogen (secondary N) is 1. The monoisotopic (exact) mass is 406 g/mol. The first-order valence-corrected chi connectivity index (χ1v) is 9.54. The van der Waals surface area contributed by atoms with Crippen molar-refractivity contribution in [1.29, 1.82) is 0 Å². The average molecular weight is 407 g/mol. The summed E-state index contributed by atoms with van der Waals surface area (Å²) in [7, 11) is 0. The summed E-state index contributed by atoms with van der Waals surface area (Å²) in [6.45, 7) is 4.22. The van der Waals surface area contributed by atoms with Gasteiger partial charge in [0, 0.05) is 25.1 Å². The first-order valence-electron chi connectivity index (χ1n) is 8.79. The molecule has 1 atom stereocenters. The fraction of sp³-hybridized carbons (Fsp3) is 0.350. The molecule has 5 rings (SSSR count). The highest BCUT2D eigenvalue weighted by molar-refractivity contribution is 6.35. The zero-order valence-electron chi connectivity index (χ0n) is 14.6. The highest BCUT2D eigenvalue weighted by Gasteiger charge is 2.45. The molecule has 0 bridgehead atoms. The Kier molecular flexibility index (Phi) is 3.82. The van der Waals surface area contributed by atoms with Crippen molar-refractivity contribution in [2.75, 3.05) is 13.1 Å². The topological polar surface area (TPSA) is 42.8 Å². The summed E-state index contributed by atoms with van der Waals surface area (Å²) in [5.74, 6) is -0.622. The lowest BCUT2D eigenvalue weighted by Crippen LogP contribution is -2.56. The predicted molar refractivity (Wildman–Crippen MR) is 102 cm³/mol. The van der Waals surface area contributed by atoms with E-state index in [1.807, 2.05) is 6.92 Å². The van der Waals surface area contributed by atoms with E-state index in [1.165, 1.54) is 11.1 Å². The molecule has 4 nitrogen and oxygen atoms in total. The minimum absolute atomic E-state index is 0.0233. The summed E-state index contributed by atoms with van der Waals surface area (Å²) in [6, 6.07) is 9.41. The molecular formula is C20H17Cl2FN2O2. The second-order valence-electron chi connectivity index (χ2n) is 7.55. The molecule has 7 heteroatoms. The first kappa shape index (κ1) is 17.4. The summed E-state index contributed by atoms with van der Waals surface area (Å²) in [4.78, 5) is 5.74. The van der Waals surface area contributed by atoms with Gasteiger partial charge in [0.2, 0.25) is 0 Å². The van der Waals surface area contributed by atoms with Crippen molar-refractivity contribution in [3.8, 4) is 0 Å². The average Bonchev–Trinajstić information content (AvgIpc) is 3.20. The molecule has 1 unspecified atom stereocenters. The van der Waals surface area contributed by atoms with Gasteiger partial charge in [-0.15, -0.1) is 0 Å². The van der Waals surface area contributed by atoms with Crippen molar-refractivity contribution in [2.45, 2.75) is 31.2 Å². The van der Waals surface area contributed by atoms with Crippen LogP contribution in [0.5, 0.6) is 0 Å². The van der Waals surface area contributed by atoms with Gasteiger partial charge in [-0.1, -0.05) is 40.5 Å². The number of hydrogen-bond donors (Lipinski definition) is 1. The van der Waals surface area contributed by atoms with Crippen LogP contribution in [0, 0.1) is 5.82 Å². The van der Waals surface area contributed by atoms with Crippen LogP contribution < -0.4 is 5.32 Å². The lowest BCUT2D eigenvalue weighted by molar-refractivity contribution is -0.0746. The largest absolute Gasteiger partial charge is 0.384 e. The number of fused-ring (bicyclic) bond motifs is 2. The van der Waals surface area contributed by atoms with E-state index in [1.54, 1.807) is 12.1 Å². The van der Waals surface area contributed by atoms with Crippen LogP contribution in [0.3, 0.4) is 0 Å². The zero-order chi connectivity index (χ0) is 18.8. The third-order valence-corrected chi connectivity index (χ3v) is 6.26. The Labute approximate surface area is 166 Å². The normalized spacial score (nSPS) is 25.1. The lowest BCUT2D eigenvalue weighted by Gasteiger charge is -2.39. The van der Waals surface area contributed by atoms with Gasteiger partial charge in [-0.2, -0.15) is 0 Å². The predicted octanol–water partition coefficient (Wildman–Crippen LogP) is 4.50. The number of ether oxygens (including phenoxy) is 1. The molecule has 1 N–H and O–H groups in total. The fourth-order valence-corrected chi connectivity index (χ4v) is 4.47. The zero-order valence-corrected chi connectivity index (χ0v) is 16.1. The molecule has 2 aromatic rings. The van der Waals surface area contributed by atoms with Crippen molar-refractivity contribution in [3.05, 3.63) is 68.4 Å². The number of halogens is 3. The lowest BCUT2D eigenvalue weighted by atomic mass is 9.85. The van der Waals surface area contributed by atoms with Gasteiger partial charge < -0.3 is 14.9 Å². The van der Waals surface area contributed by atoms with Gasteiger partial charge in [-0.3, -0.25) is 0 Å². The van der Waals surface area contributed by atoms with Gasteiger partial charge in [0.25, 0.3) is 0 Å². The molecule has 0 radical (unpaired) electrons. The molecule has 1 spiro atoms. The molecule has 27 heavy (non-hydrogen) atoms. The summed E-state index contributed by atoms with van der Waals surface area (Å²) in [5, 5.41) is 7.53. The maximum Gasteiger partial charge on any atom is 0.165 e. The van der Waals surface area contributed by atoms with E-state index < -0.39 is 11.4 Å². The second kappa shape index (κ2) is 5.92. The molecule has 0 aliphatic carbocycles. The molecule has 140 valence electrons. The van der Waals surface area contributed by atoms with Gasteiger partial charge in [0.1, 0.15) is 5.60 Å². The van der Waals surface area contributed by atoms with Crippen LogP contribution in [0.4, 0.5) is 4.39 Å². The van der Waals surface area contributed by atoms with E-state index in [9.17, 15) is 4.39 Å². The Balaban J connectivity index is 1.43. The highest BCUT2D eigenvalue weighted by atomic mass is 35.5. The van der Waals surface area contributed by atoms with Crippen LogP contribution in [0.2, 0.25) is 10.0 Å². The van der Waals surface area contributed by atoms with E-state index in [0.717, 1.165) is 24.4 Å². The van der Waals surface area contributed by atoms with Crippen LogP contribution >= 0.6 is 23.2 Å². The number of rotatable bonds is 2. The Morgan fingerprint density at radius 3 is 2.56 bits per heavy atom. The Hall–Kier alpha value is -1.66. The van der Waals surface area contributed by atoms with Crippen LogP contribution in [0.1, 0.15) is 35.6 Å². The van der Waals surface area contributed by atoms with E-state index in [2.05, 4.69) is 28.7 Å². The summed E-state index contributed by atoms with van der Waals surface area (Å²) in [6.07, 6.45) is 0.539. The van der Waals surface area contributed by atoms with Crippen LogP contribution in [0.25, 0.3) is 0 Å². The minimum Gasteiger partial charge on any atom is -0.384 e. The van der Waals surface area contributed by atoms with Crippen molar-refractivity contribution in [3.63, 3.8) is 0 Å². The second-order valence-corrected chi connectivity index (χ2v) is 8.36. The maximum absolute atomic E-state index is 13.7. The third kappa shape index (κ3) is 2.60. The molecule has 3 heterocycles. The van der Waals surface area contributed by atoms with Crippen molar-refractivity contribution < 1.29 is 14.0 Å². The number of benzene rings is 2. The van der Waals surface area contributed by atoms with Crippen molar-refractivity contribution >= 4 is 28.9 Å². The van der Waals surface area contributed by atoms with Gasteiger partial charge in [-0.05, 0) is 41.8 Å². The highest BCUT2D eigenvalue weighted by Crippen LogP contribution is 2.42. The molecule has 0 saturated carbocycles. The molecular weight excluding hydrogens is 390 g/mol. The Bertz CT molecular complexity index is 967. The Morgan fingerprint density at radius 1 is 1.15 bits per heavy atom. The molecule has 0 amide bonds. The smallest absolute Gasteiger partial charge is 0.165 e. The van der Waals surface area contributed by atoms with Gasteiger partial charge >= 0.3 is 0 Å². The summed E-state index contributed by atoms with van der Waals surface area (Å²) >= 11 is 11.9. The molecule has 0 aromatic heterocycles. The molecule has 1 saturated heterocycles. The van der Waals surface area contributed by atoms with Crippen LogP contribution in [-0.4, -0.2) is 18.8 Å². The number of oxime groups is 1. The quantitative estimate of drug-likeness (QED) is 0.746. The number of nitrogens with zero attached hydrogens (tertiary/aromatic N) is 1. The van der Waals surface area contributed by atoms with E-state index in [4.69, 9.17) is 32.8 Å². The van der Waals surface area contributed by atoms with Gasteiger partial charge in [-0.25, -0.2) is 4.39 Å².